The fraction of sp³-hybridized carbons (Fsp3) is 0.0833. The van der Waals surface area contributed by atoms with Crippen LogP contribution in [0.15, 0.2) is 30.5 Å². The van der Waals surface area contributed by atoms with E-state index in [1.807, 2.05) is 0 Å². The Morgan fingerprint density at radius 1 is 1.35 bits per heavy atom. The van der Waals surface area contributed by atoms with Gasteiger partial charge in [0.2, 0.25) is 0 Å². The normalized spacial score (nSPS) is 10.2. The highest BCUT2D eigenvalue weighted by Gasteiger charge is 2.12. The Morgan fingerprint density at radius 2 is 2.00 bits per heavy atom. The largest absolute Gasteiger partial charge is 0.478 e. The van der Waals surface area contributed by atoms with Gasteiger partial charge in [0.1, 0.15) is 11.8 Å². The molecule has 0 fully saturated rings. The van der Waals surface area contributed by atoms with Gasteiger partial charge in [-0.25, -0.2) is 9.48 Å². The van der Waals surface area contributed by atoms with Crippen molar-refractivity contribution in [3.05, 3.63) is 47.3 Å². The number of nitrogens with zero attached hydrogens (tertiary/aromatic N) is 2. The summed E-state index contributed by atoms with van der Waals surface area (Å²) in [5.41, 5.74) is 1.91. The highest BCUT2D eigenvalue weighted by Crippen LogP contribution is 2.12. The highest BCUT2D eigenvalue weighted by molar-refractivity contribution is 5.88. The molecule has 1 heterocycles. The summed E-state index contributed by atoms with van der Waals surface area (Å²) in [5.74, 6) is -1.00. The number of carbonyl (C=O) groups is 2. The average molecular weight is 230 g/mol. The Bertz CT molecular complexity index is 570. The lowest BCUT2D eigenvalue weighted by molar-refractivity contribution is 0.0696. The first-order chi connectivity index (χ1) is 8.11. The van der Waals surface area contributed by atoms with E-state index >= 15 is 0 Å². The predicted octanol–water partition coefficient (Wildman–Crippen LogP) is 1.69. The zero-order valence-corrected chi connectivity index (χ0v) is 9.12. The smallest absolute Gasteiger partial charge is 0.339 e. The molecule has 86 valence electrons. The number of benzene rings is 1. The summed E-state index contributed by atoms with van der Waals surface area (Å²) in [6.07, 6.45) is 2.20. The van der Waals surface area contributed by atoms with E-state index in [4.69, 9.17) is 5.11 Å². The number of aryl methyl sites for hydroxylation is 1. The Kier molecular flexibility index (Phi) is 2.74. The molecule has 0 spiro atoms. The Labute approximate surface area is 97.3 Å². The number of carbonyl (C=O) groups excluding carboxylic acids is 1. The van der Waals surface area contributed by atoms with Gasteiger partial charge in [-0.05, 0) is 31.2 Å². The van der Waals surface area contributed by atoms with Crippen LogP contribution < -0.4 is 0 Å². The van der Waals surface area contributed by atoms with Gasteiger partial charge in [-0.3, -0.25) is 4.79 Å². The SMILES string of the molecule is Cc1nn(-c2ccc(C=O)cc2)cc1C(=O)O. The van der Waals surface area contributed by atoms with Crippen molar-refractivity contribution in [2.24, 2.45) is 0 Å². The number of carboxylic acid groups (broad SMARTS) is 1. The van der Waals surface area contributed by atoms with Crippen LogP contribution in [0.1, 0.15) is 26.4 Å². The van der Waals surface area contributed by atoms with Crippen LogP contribution in [0.3, 0.4) is 0 Å². The van der Waals surface area contributed by atoms with E-state index in [1.165, 1.54) is 10.9 Å². The third-order valence-corrected chi connectivity index (χ3v) is 2.42. The van der Waals surface area contributed by atoms with Crippen LogP contribution in [-0.4, -0.2) is 27.1 Å². The first-order valence-electron chi connectivity index (χ1n) is 4.97. The van der Waals surface area contributed by atoms with Gasteiger partial charge in [-0.2, -0.15) is 5.10 Å². The maximum Gasteiger partial charge on any atom is 0.339 e. The van der Waals surface area contributed by atoms with Gasteiger partial charge in [0.15, 0.2) is 0 Å². The van der Waals surface area contributed by atoms with Gasteiger partial charge in [-0.1, -0.05) is 0 Å². The first kappa shape index (κ1) is 11.1. The summed E-state index contributed by atoms with van der Waals surface area (Å²) < 4.78 is 1.48. The molecule has 5 nitrogen and oxygen atoms in total. The molecule has 0 radical (unpaired) electrons. The fourth-order valence-corrected chi connectivity index (χ4v) is 1.51. The molecular weight excluding hydrogens is 220 g/mol. The van der Waals surface area contributed by atoms with Gasteiger partial charge in [0.05, 0.1) is 11.4 Å². The molecule has 0 saturated heterocycles. The van der Waals surface area contributed by atoms with Gasteiger partial charge in [0.25, 0.3) is 0 Å². The average Bonchev–Trinajstić information content (AvgIpc) is 2.71. The van der Waals surface area contributed by atoms with E-state index < -0.39 is 5.97 Å². The molecule has 0 unspecified atom stereocenters. The number of carboxylic acids is 1. The van der Waals surface area contributed by atoms with Crippen molar-refractivity contribution in [3.63, 3.8) is 0 Å². The van der Waals surface area contributed by atoms with Gasteiger partial charge < -0.3 is 5.11 Å². The van der Waals surface area contributed by atoms with Crippen LogP contribution >= 0.6 is 0 Å². The summed E-state index contributed by atoms with van der Waals surface area (Å²) >= 11 is 0. The van der Waals surface area contributed by atoms with Crippen LogP contribution in [0.2, 0.25) is 0 Å². The minimum Gasteiger partial charge on any atom is -0.478 e. The predicted molar refractivity (Wildman–Crippen MR) is 60.6 cm³/mol. The highest BCUT2D eigenvalue weighted by atomic mass is 16.4. The second-order valence-corrected chi connectivity index (χ2v) is 3.59. The summed E-state index contributed by atoms with van der Waals surface area (Å²) in [6.45, 7) is 1.64. The van der Waals surface area contributed by atoms with Crippen molar-refractivity contribution in [1.29, 1.82) is 0 Å². The second-order valence-electron chi connectivity index (χ2n) is 3.59. The van der Waals surface area contributed by atoms with Crippen LogP contribution in [0.25, 0.3) is 5.69 Å². The molecule has 1 aromatic heterocycles. The van der Waals surface area contributed by atoms with Gasteiger partial charge >= 0.3 is 5.97 Å². The van der Waals surface area contributed by atoms with Crippen molar-refractivity contribution in [1.82, 2.24) is 9.78 Å². The Balaban J connectivity index is 2.42. The number of hydrogen-bond donors (Lipinski definition) is 1. The van der Waals surface area contributed by atoms with Crippen molar-refractivity contribution in [3.8, 4) is 5.69 Å². The van der Waals surface area contributed by atoms with Crippen LogP contribution in [-0.2, 0) is 0 Å². The topological polar surface area (TPSA) is 72.2 Å². The molecule has 2 aromatic rings. The molecule has 0 aliphatic rings. The van der Waals surface area contributed by atoms with Crippen molar-refractivity contribution < 1.29 is 14.7 Å². The van der Waals surface area contributed by atoms with E-state index in [2.05, 4.69) is 5.10 Å². The molecular formula is C12H10N2O3. The summed E-state index contributed by atoms with van der Waals surface area (Å²) in [5, 5.41) is 13.0. The molecule has 0 aliphatic heterocycles. The summed E-state index contributed by atoms with van der Waals surface area (Å²) in [6, 6.07) is 6.73. The summed E-state index contributed by atoms with van der Waals surface area (Å²) in [7, 11) is 0. The molecule has 1 N–H and O–H groups in total. The molecule has 0 aliphatic carbocycles. The zero-order valence-electron chi connectivity index (χ0n) is 9.12. The molecule has 0 amide bonds. The lowest BCUT2D eigenvalue weighted by atomic mass is 10.2. The molecule has 5 heteroatoms. The Morgan fingerprint density at radius 3 is 2.47 bits per heavy atom. The zero-order chi connectivity index (χ0) is 12.4. The minimum absolute atomic E-state index is 0.171. The number of hydrogen-bond acceptors (Lipinski definition) is 3. The second kappa shape index (κ2) is 4.21. The summed E-state index contributed by atoms with van der Waals surface area (Å²) in [4.78, 5) is 21.4. The van der Waals surface area contributed by atoms with Crippen molar-refractivity contribution >= 4 is 12.3 Å². The molecule has 0 atom stereocenters. The number of rotatable bonds is 3. The van der Waals surface area contributed by atoms with E-state index in [9.17, 15) is 9.59 Å². The van der Waals surface area contributed by atoms with Crippen LogP contribution in [0.5, 0.6) is 0 Å². The molecule has 17 heavy (non-hydrogen) atoms. The number of aldehydes is 1. The third kappa shape index (κ3) is 2.08. The van der Waals surface area contributed by atoms with Crippen molar-refractivity contribution in [2.45, 2.75) is 6.92 Å². The van der Waals surface area contributed by atoms with Crippen LogP contribution in [0.4, 0.5) is 0 Å². The lowest BCUT2D eigenvalue weighted by Crippen LogP contribution is -1.96. The Hall–Kier alpha value is -2.43. The standard InChI is InChI=1S/C12H10N2O3/c1-8-11(12(16)17)6-14(13-8)10-4-2-9(7-15)3-5-10/h2-7H,1H3,(H,16,17). The molecule has 1 aromatic carbocycles. The van der Waals surface area contributed by atoms with Gasteiger partial charge in [0, 0.05) is 11.8 Å². The lowest BCUT2D eigenvalue weighted by Gasteiger charge is -2.00. The quantitative estimate of drug-likeness (QED) is 0.814. The van der Waals surface area contributed by atoms with E-state index in [1.54, 1.807) is 31.2 Å². The molecule has 0 saturated carbocycles. The number of aromatic nitrogens is 2. The van der Waals surface area contributed by atoms with Crippen LogP contribution in [0, 0.1) is 6.92 Å². The maximum absolute atomic E-state index is 10.9. The molecule has 0 bridgehead atoms. The van der Waals surface area contributed by atoms with E-state index in [-0.39, 0.29) is 5.56 Å². The van der Waals surface area contributed by atoms with Crippen molar-refractivity contribution in [2.75, 3.05) is 0 Å². The first-order valence-corrected chi connectivity index (χ1v) is 4.97. The van der Waals surface area contributed by atoms with E-state index in [0.717, 1.165) is 6.29 Å². The maximum atomic E-state index is 10.9. The molecule has 2 rings (SSSR count). The monoisotopic (exact) mass is 230 g/mol. The van der Waals surface area contributed by atoms with E-state index in [0.29, 0.717) is 16.9 Å². The number of aromatic carboxylic acids is 1. The fourth-order valence-electron chi connectivity index (χ4n) is 1.51. The third-order valence-electron chi connectivity index (χ3n) is 2.42. The van der Waals surface area contributed by atoms with Gasteiger partial charge in [-0.15, -0.1) is 0 Å². The minimum atomic E-state index is -1.00.